The summed E-state index contributed by atoms with van der Waals surface area (Å²) in [6, 6.07) is 14.5. The summed E-state index contributed by atoms with van der Waals surface area (Å²) in [5.41, 5.74) is 6.16. The Morgan fingerprint density at radius 2 is 1.63 bits per heavy atom. The van der Waals surface area contributed by atoms with Crippen LogP contribution in [-0.4, -0.2) is 59.6 Å². The number of fused-ring (bicyclic) bond motifs is 1. The molecule has 43 heavy (non-hydrogen) atoms. The second-order valence-electron chi connectivity index (χ2n) is 12.4. The number of hydrogen-bond donors (Lipinski definition) is 3. The lowest BCUT2D eigenvalue weighted by Crippen LogP contribution is -2.36. The van der Waals surface area contributed by atoms with Crippen LogP contribution in [0.5, 0.6) is 0 Å². The molecule has 2 aliphatic rings. The summed E-state index contributed by atoms with van der Waals surface area (Å²) in [6.07, 6.45) is 9.37. The van der Waals surface area contributed by atoms with Crippen LogP contribution in [-0.2, 0) is 4.74 Å². The first-order chi connectivity index (χ1) is 20.8. The molecular weight excluding hydrogens is 540 g/mol. The number of nitrogens with one attached hydrogen (secondary N) is 3. The van der Waals surface area contributed by atoms with Gasteiger partial charge in [0.15, 0.2) is 5.82 Å². The van der Waals surface area contributed by atoms with Crippen molar-refractivity contribution in [3.8, 4) is 33.8 Å². The lowest BCUT2D eigenvalue weighted by Gasteiger charge is -2.27. The highest BCUT2D eigenvalue weighted by Crippen LogP contribution is 2.34. The van der Waals surface area contributed by atoms with Crippen molar-refractivity contribution in [2.24, 2.45) is 0 Å². The van der Waals surface area contributed by atoms with Gasteiger partial charge in [0.25, 0.3) is 0 Å². The first kappa shape index (κ1) is 27.3. The summed E-state index contributed by atoms with van der Waals surface area (Å²) < 4.78 is 5.64. The Labute approximate surface area is 250 Å². The number of carbonyl (C=O) groups is 1. The Morgan fingerprint density at radius 3 is 2.37 bits per heavy atom. The quantitative estimate of drug-likeness (QED) is 0.216. The Morgan fingerprint density at radius 1 is 0.860 bits per heavy atom. The van der Waals surface area contributed by atoms with E-state index in [0.717, 1.165) is 76.4 Å². The van der Waals surface area contributed by atoms with Crippen molar-refractivity contribution in [2.45, 2.75) is 64.1 Å². The molecule has 2 aliphatic heterocycles. The number of imidazole rings is 2. The molecule has 2 saturated heterocycles. The standard InChI is InChI=1S/C33H36N8O2/c1-33(2,3)43-32(42)41-15-5-7-28(41)31-38-24-13-12-22(16-26(24)39-31)23-17-35-29(36-18-23)21-10-8-20(9-11-21)27-19-37-30(40-27)25-6-4-14-34-25/h8-13,16-19,25,28,34H,4-7,14-15H2,1-3H3,(H,37,40)(H,38,39)/t25-,28-/m0/s1. The lowest BCUT2D eigenvalue weighted by molar-refractivity contribution is 0.0219. The number of carbonyl (C=O) groups excluding carboxylic acids is 1. The van der Waals surface area contributed by atoms with Crippen LogP contribution in [0.25, 0.3) is 44.8 Å². The number of aromatic amines is 2. The van der Waals surface area contributed by atoms with Gasteiger partial charge in [-0.05, 0) is 76.3 Å². The molecule has 0 unspecified atom stereocenters. The highest BCUT2D eigenvalue weighted by molar-refractivity contribution is 5.82. The van der Waals surface area contributed by atoms with E-state index in [1.165, 1.54) is 6.42 Å². The third-order valence-electron chi connectivity index (χ3n) is 8.12. The van der Waals surface area contributed by atoms with Gasteiger partial charge >= 0.3 is 6.09 Å². The maximum Gasteiger partial charge on any atom is 0.410 e. The van der Waals surface area contributed by atoms with Crippen LogP contribution in [0.15, 0.2) is 61.1 Å². The zero-order chi connectivity index (χ0) is 29.6. The Bertz CT molecular complexity index is 1740. The number of ether oxygens (including phenoxy) is 1. The molecule has 0 spiro atoms. The Balaban J connectivity index is 1.06. The molecule has 5 aromatic rings. The molecule has 7 rings (SSSR count). The zero-order valence-corrected chi connectivity index (χ0v) is 24.7. The van der Waals surface area contributed by atoms with E-state index in [1.54, 1.807) is 4.90 Å². The van der Waals surface area contributed by atoms with E-state index >= 15 is 0 Å². The molecule has 2 fully saturated rings. The molecule has 10 heteroatoms. The number of likely N-dealkylation sites (tertiary alicyclic amines) is 1. The van der Waals surface area contributed by atoms with Gasteiger partial charge in [-0.15, -0.1) is 0 Å². The summed E-state index contributed by atoms with van der Waals surface area (Å²) in [5.74, 6) is 2.45. The van der Waals surface area contributed by atoms with Crippen LogP contribution >= 0.6 is 0 Å². The second kappa shape index (κ2) is 10.9. The molecule has 5 heterocycles. The van der Waals surface area contributed by atoms with Crippen molar-refractivity contribution in [2.75, 3.05) is 13.1 Å². The van der Waals surface area contributed by atoms with E-state index in [9.17, 15) is 4.79 Å². The van der Waals surface area contributed by atoms with Crippen molar-refractivity contribution in [1.82, 2.24) is 40.1 Å². The number of aromatic nitrogens is 6. The van der Waals surface area contributed by atoms with Gasteiger partial charge in [0.1, 0.15) is 17.2 Å². The third kappa shape index (κ3) is 5.62. The zero-order valence-electron chi connectivity index (χ0n) is 24.7. The van der Waals surface area contributed by atoms with Gasteiger partial charge in [-0.3, -0.25) is 4.90 Å². The highest BCUT2D eigenvalue weighted by Gasteiger charge is 2.35. The fourth-order valence-corrected chi connectivity index (χ4v) is 5.96. The molecule has 2 aromatic carbocycles. The number of nitrogens with zero attached hydrogens (tertiary/aromatic N) is 5. The van der Waals surface area contributed by atoms with E-state index in [4.69, 9.17) is 9.72 Å². The molecule has 3 aromatic heterocycles. The molecule has 2 atom stereocenters. The largest absolute Gasteiger partial charge is 0.444 e. The number of benzene rings is 2. The summed E-state index contributed by atoms with van der Waals surface area (Å²) in [4.78, 5) is 40.3. The van der Waals surface area contributed by atoms with Gasteiger partial charge in [-0.1, -0.05) is 30.3 Å². The lowest BCUT2D eigenvalue weighted by atomic mass is 10.1. The van der Waals surface area contributed by atoms with Gasteiger partial charge in [-0.25, -0.2) is 24.7 Å². The Hall–Kier alpha value is -4.57. The Kier molecular flexibility index (Phi) is 6.93. The summed E-state index contributed by atoms with van der Waals surface area (Å²) in [7, 11) is 0. The average Bonchev–Trinajstić information content (AvgIpc) is 3.82. The average molecular weight is 577 g/mol. The van der Waals surface area contributed by atoms with Gasteiger partial charge < -0.3 is 20.0 Å². The smallest absolute Gasteiger partial charge is 0.410 e. The van der Waals surface area contributed by atoms with Crippen LogP contribution in [0.3, 0.4) is 0 Å². The SMILES string of the molecule is CC(C)(C)OC(=O)N1CCC[C@H]1c1nc2cc(-c3cnc(-c4ccc(-c5cnc([C@@H]6CCCN6)[nH]5)cc4)nc3)ccc2[nH]1. The van der Waals surface area contributed by atoms with Gasteiger partial charge in [0.2, 0.25) is 0 Å². The topological polar surface area (TPSA) is 125 Å². The summed E-state index contributed by atoms with van der Waals surface area (Å²) in [6.45, 7) is 7.37. The van der Waals surface area contributed by atoms with Gasteiger partial charge in [-0.2, -0.15) is 0 Å². The van der Waals surface area contributed by atoms with Gasteiger partial charge in [0, 0.05) is 30.1 Å². The minimum Gasteiger partial charge on any atom is -0.444 e. The van der Waals surface area contributed by atoms with E-state index in [2.05, 4.69) is 42.4 Å². The first-order valence-corrected chi connectivity index (χ1v) is 15.0. The van der Waals surface area contributed by atoms with Crippen molar-refractivity contribution < 1.29 is 9.53 Å². The molecular formula is C33H36N8O2. The van der Waals surface area contributed by atoms with Gasteiger partial charge in [0.05, 0.1) is 35.0 Å². The molecule has 10 nitrogen and oxygen atoms in total. The predicted molar refractivity (Wildman–Crippen MR) is 165 cm³/mol. The molecule has 0 bridgehead atoms. The highest BCUT2D eigenvalue weighted by atomic mass is 16.6. The maximum absolute atomic E-state index is 12.8. The minimum absolute atomic E-state index is 0.126. The summed E-state index contributed by atoms with van der Waals surface area (Å²) in [5, 5.41) is 3.48. The van der Waals surface area contributed by atoms with Crippen LogP contribution in [0.4, 0.5) is 4.79 Å². The van der Waals surface area contributed by atoms with Crippen LogP contribution in [0.1, 0.15) is 70.2 Å². The molecule has 0 saturated carbocycles. The third-order valence-corrected chi connectivity index (χ3v) is 8.12. The van der Waals surface area contributed by atoms with E-state index in [1.807, 2.05) is 69.7 Å². The number of hydrogen-bond acceptors (Lipinski definition) is 7. The minimum atomic E-state index is -0.537. The molecule has 0 aliphatic carbocycles. The molecule has 3 N–H and O–H groups in total. The normalized spacial score (nSPS) is 18.9. The second-order valence-corrected chi connectivity index (χ2v) is 12.4. The van der Waals surface area contributed by atoms with Crippen molar-refractivity contribution in [3.63, 3.8) is 0 Å². The van der Waals surface area contributed by atoms with E-state index in [-0.39, 0.29) is 12.1 Å². The fourth-order valence-electron chi connectivity index (χ4n) is 5.96. The van der Waals surface area contributed by atoms with Crippen molar-refractivity contribution in [3.05, 3.63) is 72.7 Å². The number of H-pyrrole nitrogens is 2. The first-order valence-electron chi connectivity index (χ1n) is 15.0. The molecule has 0 radical (unpaired) electrons. The molecule has 1 amide bonds. The molecule has 220 valence electrons. The van der Waals surface area contributed by atoms with Crippen molar-refractivity contribution >= 4 is 17.1 Å². The van der Waals surface area contributed by atoms with Crippen LogP contribution in [0, 0.1) is 0 Å². The fraction of sp³-hybridized carbons (Fsp3) is 0.364. The number of amides is 1. The monoisotopic (exact) mass is 576 g/mol. The number of rotatable bonds is 5. The van der Waals surface area contributed by atoms with Crippen LogP contribution in [0.2, 0.25) is 0 Å². The van der Waals surface area contributed by atoms with E-state index < -0.39 is 5.60 Å². The van der Waals surface area contributed by atoms with Crippen LogP contribution < -0.4 is 5.32 Å². The van der Waals surface area contributed by atoms with Crippen molar-refractivity contribution in [1.29, 1.82) is 0 Å². The maximum atomic E-state index is 12.8. The predicted octanol–water partition coefficient (Wildman–Crippen LogP) is 6.57. The van der Waals surface area contributed by atoms with E-state index in [0.29, 0.717) is 18.4 Å². The summed E-state index contributed by atoms with van der Waals surface area (Å²) >= 11 is 0.